The van der Waals surface area contributed by atoms with Crippen LogP contribution in [0.15, 0.2) is 79.4 Å². The van der Waals surface area contributed by atoms with Gasteiger partial charge in [-0.1, -0.05) is 43.3 Å². The normalized spacial score (nSPS) is 17.9. The number of fused-ring (bicyclic) bond motifs is 1. The molecule has 216 valence electrons. The lowest BCUT2D eigenvalue weighted by atomic mass is 9.84. The van der Waals surface area contributed by atoms with Crippen LogP contribution >= 0.6 is 11.6 Å². The van der Waals surface area contributed by atoms with Gasteiger partial charge in [0.1, 0.15) is 17.5 Å². The first-order valence-corrected chi connectivity index (χ1v) is 13.8. The molecular weight excluding hydrogens is 557 g/mol. The van der Waals surface area contributed by atoms with E-state index in [9.17, 15) is 15.5 Å². The maximum Gasteiger partial charge on any atom is 0.178 e. The molecule has 0 spiro atoms. The first-order chi connectivity index (χ1) is 20.1. The van der Waals surface area contributed by atoms with E-state index < -0.39 is 17.1 Å². The number of ether oxygens (including phenoxy) is 1. The number of imidazole rings is 1. The van der Waals surface area contributed by atoms with Gasteiger partial charge < -0.3 is 19.5 Å². The Labute approximate surface area is 248 Å². The van der Waals surface area contributed by atoms with E-state index in [0.29, 0.717) is 44.2 Å². The number of aryl methyl sites for hydroxylation is 1. The van der Waals surface area contributed by atoms with E-state index in [1.54, 1.807) is 59.6 Å². The van der Waals surface area contributed by atoms with Crippen molar-refractivity contribution >= 4 is 11.6 Å². The topological polar surface area (TPSA) is 107 Å². The summed E-state index contributed by atoms with van der Waals surface area (Å²) in [5.41, 5.74) is 0.827. The van der Waals surface area contributed by atoms with Crippen LogP contribution in [0.2, 0.25) is 5.02 Å². The van der Waals surface area contributed by atoms with Gasteiger partial charge in [-0.3, -0.25) is 9.88 Å². The van der Waals surface area contributed by atoms with Crippen molar-refractivity contribution in [1.29, 1.82) is 5.26 Å². The Morgan fingerprint density at radius 2 is 2.00 bits per heavy atom. The fraction of sp³-hybridized carbons (Fsp3) is 0.281. The van der Waals surface area contributed by atoms with Gasteiger partial charge in [0.05, 0.1) is 36.5 Å². The van der Waals surface area contributed by atoms with Crippen LogP contribution in [0.4, 0.5) is 4.39 Å². The largest absolute Gasteiger partial charge is 0.392 e. The summed E-state index contributed by atoms with van der Waals surface area (Å²) in [6.45, 7) is 5.84. The Kier molecular flexibility index (Phi) is 8.28. The molecule has 3 heterocycles. The lowest BCUT2D eigenvalue weighted by Gasteiger charge is -2.40. The standard InChI is InChI=1S/C32H31ClFN5O3/c1-4-31(41,29-17-38(3)20-37-29)25-11-23-15-39(16-27-10-5-22(13-35)14-36-27)32(30(23)28(34)12-25,42-19-21(2)18-40)24-6-8-26(33)9-7-24/h5-12,14,17,20,40-41H,2,4,15-16,18-19H2,1,3H3/t31?,32-/m1/s1. The van der Waals surface area contributed by atoms with Gasteiger partial charge >= 0.3 is 0 Å². The third-order valence-corrected chi connectivity index (χ3v) is 7.94. The quantitative estimate of drug-likeness (QED) is 0.254. The summed E-state index contributed by atoms with van der Waals surface area (Å²) in [6, 6.07) is 15.6. The molecule has 0 saturated heterocycles. The van der Waals surface area contributed by atoms with Gasteiger partial charge in [-0.05, 0) is 53.5 Å². The number of aromatic nitrogens is 3. The van der Waals surface area contributed by atoms with E-state index in [-0.39, 0.29) is 38.3 Å². The second-order valence-electron chi connectivity index (χ2n) is 10.5. The smallest absolute Gasteiger partial charge is 0.178 e. The zero-order valence-corrected chi connectivity index (χ0v) is 24.1. The van der Waals surface area contributed by atoms with Gasteiger partial charge in [-0.15, -0.1) is 0 Å². The molecule has 2 aromatic heterocycles. The lowest BCUT2D eigenvalue weighted by molar-refractivity contribution is -0.126. The summed E-state index contributed by atoms with van der Waals surface area (Å²) < 4.78 is 24.9. The van der Waals surface area contributed by atoms with Crippen LogP contribution in [0.3, 0.4) is 0 Å². The Morgan fingerprint density at radius 1 is 1.24 bits per heavy atom. The number of aliphatic hydroxyl groups excluding tert-OH is 1. The molecular formula is C32H31ClFN5O3. The average molecular weight is 588 g/mol. The fourth-order valence-corrected chi connectivity index (χ4v) is 5.62. The molecule has 2 N–H and O–H groups in total. The Morgan fingerprint density at radius 3 is 2.60 bits per heavy atom. The third-order valence-electron chi connectivity index (χ3n) is 7.69. The highest BCUT2D eigenvalue weighted by atomic mass is 35.5. The van der Waals surface area contributed by atoms with Crippen molar-refractivity contribution in [2.45, 2.75) is 37.8 Å². The maximum atomic E-state index is 16.6. The van der Waals surface area contributed by atoms with Gasteiger partial charge in [0.15, 0.2) is 5.72 Å². The summed E-state index contributed by atoms with van der Waals surface area (Å²) in [7, 11) is 1.81. The van der Waals surface area contributed by atoms with E-state index >= 15 is 4.39 Å². The maximum absolute atomic E-state index is 16.6. The minimum atomic E-state index is -1.52. The van der Waals surface area contributed by atoms with Crippen LogP contribution in [0, 0.1) is 17.1 Å². The molecule has 42 heavy (non-hydrogen) atoms. The molecule has 10 heteroatoms. The van der Waals surface area contributed by atoms with E-state index in [4.69, 9.17) is 16.3 Å². The van der Waals surface area contributed by atoms with Crippen LogP contribution in [-0.4, -0.2) is 42.9 Å². The van der Waals surface area contributed by atoms with Gasteiger partial charge in [0, 0.05) is 48.7 Å². The SMILES string of the molecule is C=C(CO)CO[C@]1(c2ccc(Cl)cc2)c2c(F)cc(C(O)(CC)c3cn(C)cn3)cc2CN1Cc1ccc(C#N)cn1. The van der Waals surface area contributed by atoms with Gasteiger partial charge in [0.25, 0.3) is 0 Å². The van der Waals surface area contributed by atoms with Crippen molar-refractivity contribution in [1.82, 2.24) is 19.4 Å². The minimum Gasteiger partial charge on any atom is -0.392 e. The molecule has 1 unspecified atom stereocenters. The Hall–Kier alpha value is -3.91. The number of nitrogens with zero attached hydrogens (tertiary/aromatic N) is 5. The van der Waals surface area contributed by atoms with Crippen molar-refractivity contribution in [3.8, 4) is 6.07 Å². The molecule has 0 bridgehead atoms. The van der Waals surface area contributed by atoms with Crippen molar-refractivity contribution < 1.29 is 19.3 Å². The van der Waals surface area contributed by atoms with Crippen LogP contribution < -0.4 is 0 Å². The number of hydrogen-bond donors (Lipinski definition) is 2. The molecule has 8 nitrogen and oxygen atoms in total. The zero-order chi connectivity index (χ0) is 30.1. The highest BCUT2D eigenvalue weighted by Gasteiger charge is 2.51. The predicted octanol–water partition coefficient (Wildman–Crippen LogP) is 4.91. The summed E-state index contributed by atoms with van der Waals surface area (Å²) in [4.78, 5) is 10.8. The fourth-order valence-electron chi connectivity index (χ4n) is 5.49. The van der Waals surface area contributed by atoms with Gasteiger partial charge in [-0.25, -0.2) is 9.37 Å². The summed E-state index contributed by atoms with van der Waals surface area (Å²) in [5.74, 6) is -0.565. The lowest BCUT2D eigenvalue weighted by Crippen LogP contribution is -2.45. The second-order valence-corrected chi connectivity index (χ2v) is 10.9. The summed E-state index contributed by atoms with van der Waals surface area (Å²) in [6.07, 6.45) is 5.08. The molecule has 2 atom stereocenters. The van der Waals surface area contributed by atoms with E-state index in [1.807, 2.05) is 18.9 Å². The van der Waals surface area contributed by atoms with Crippen molar-refractivity contribution in [3.63, 3.8) is 0 Å². The van der Waals surface area contributed by atoms with Crippen LogP contribution in [0.5, 0.6) is 0 Å². The molecule has 0 aliphatic carbocycles. The monoisotopic (exact) mass is 587 g/mol. The summed E-state index contributed by atoms with van der Waals surface area (Å²) >= 11 is 6.24. The van der Waals surface area contributed by atoms with E-state index in [1.165, 1.54) is 12.3 Å². The van der Waals surface area contributed by atoms with Crippen molar-refractivity contribution in [2.75, 3.05) is 13.2 Å². The number of pyridine rings is 1. The van der Waals surface area contributed by atoms with Crippen LogP contribution in [0.1, 0.15) is 52.5 Å². The highest BCUT2D eigenvalue weighted by molar-refractivity contribution is 6.30. The van der Waals surface area contributed by atoms with Crippen LogP contribution in [-0.2, 0) is 36.2 Å². The van der Waals surface area contributed by atoms with Crippen LogP contribution in [0.25, 0.3) is 0 Å². The number of hydrogen-bond acceptors (Lipinski definition) is 7. The third kappa shape index (κ3) is 5.24. The highest BCUT2D eigenvalue weighted by Crippen LogP contribution is 2.49. The minimum absolute atomic E-state index is 0.0517. The van der Waals surface area contributed by atoms with Crippen molar-refractivity contribution in [2.24, 2.45) is 7.05 Å². The second kappa shape index (κ2) is 11.8. The Bertz CT molecular complexity index is 1650. The van der Waals surface area contributed by atoms with Gasteiger partial charge in [-0.2, -0.15) is 5.26 Å². The first-order valence-electron chi connectivity index (χ1n) is 13.5. The zero-order valence-electron chi connectivity index (χ0n) is 23.4. The molecule has 2 aromatic carbocycles. The number of benzene rings is 2. The number of halogens is 2. The summed E-state index contributed by atoms with van der Waals surface area (Å²) in [5, 5.41) is 31.2. The molecule has 0 saturated carbocycles. The van der Waals surface area contributed by atoms with Gasteiger partial charge in [0.2, 0.25) is 0 Å². The predicted molar refractivity (Wildman–Crippen MR) is 156 cm³/mol. The van der Waals surface area contributed by atoms with E-state index in [2.05, 4.69) is 22.6 Å². The average Bonchev–Trinajstić information content (AvgIpc) is 3.58. The molecule has 0 fully saturated rings. The number of rotatable bonds is 10. The number of aliphatic hydroxyl groups is 2. The molecule has 1 aliphatic rings. The molecule has 4 aromatic rings. The van der Waals surface area contributed by atoms with Crippen molar-refractivity contribution in [3.05, 3.63) is 129 Å². The van der Waals surface area contributed by atoms with E-state index in [0.717, 1.165) is 0 Å². The number of nitriles is 1. The Balaban J connectivity index is 1.71. The molecule has 0 amide bonds. The molecule has 1 aliphatic heterocycles. The molecule has 5 rings (SSSR count). The first kappa shape index (κ1) is 29.6. The molecule has 0 radical (unpaired) electrons.